The lowest BCUT2D eigenvalue weighted by atomic mass is 10.3. The third-order valence-electron chi connectivity index (χ3n) is 3.94. The van der Waals surface area contributed by atoms with E-state index in [-0.39, 0.29) is 26.2 Å². The number of nitrogens with zero attached hydrogens (tertiary/aromatic N) is 4. The standard InChI is InChI=1S/C12H18F3N4O4S/c1-16-7-9(10(20)17(2)11(16)21)24(22,23)19-5-3-18(4-6-19)8-12(13,14)15/h7,9H,3-6,8H2,1-2H3/q+1. The van der Waals surface area contributed by atoms with Crippen molar-refractivity contribution in [2.45, 2.75) is 11.4 Å². The third kappa shape index (κ3) is 3.75. The van der Waals surface area contributed by atoms with Crippen molar-refractivity contribution in [3.05, 3.63) is 0 Å². The molecule has 12 heteroatoms. The lowest BCUT2D eigenvalue weighted by molar-refractivity contribution is -0.399. The van der Waals surface area contributed by atoms with Gasteiger partial charge in [-0.2, -0.15) is 27.2 Å². The molecule has 136 valence electrons. The molecule has 2 heterocycles. The molecule has 1 atom stereocenters. The van der Waals surface area contributed by atoms with Crippen molar-refractivity contribution >= 4 is 28.2 Å². The Labute approximate surface area is 137 Å². The average molecular weight is 371 g/mol. The highest BCUT2D eigenvalue weighted by atomic mass is 32.2. The molecule has 2 aliphatic heterocycles. The SMILES string of the molecule is CN1C(=O)C(S(=O)(=O)N2CCN(CC(F)(F)F)CC2)C=[N+](C)C1=O. The molecule has 0 radical (unpaired) electrons. The number of sulfonamides is 1. The Hall–Kier alpha value is -1.53. The van der Waals surface area contributed by atoms with Crippen molar-refractivity contribution in [3.8, 4) is 0 Å². The predicted octanol–water partition coefficient (Wildman–Crippen LogP) is -0.830. The second-order valence-electron chi connectivity index (χ2n) is 5.70. The van der Waals surface area contributed by atoms with Gasteiger partial charge in [0, 0.05) is 26.2 Å². The van der Waals surface area contributed by atoms with Crippen LogP contribution < -0.4 is 0 Å². The van der Waals surface area contributed by atoms with Gasteiger partial charge < -0.3 is 0 Å². The van der Waals surface area contributed by atoms with Crippen LogP contribution >= 0.6 is 0 Å². The van der Waals surface area contributed by atoms with Gasteiger partial charge in [-0.15, -0.1) is 0 Å². The van der Waals surface area contributed by atoms with Crippen LogP contribution in [0.2, 0.25) is 0 Å². The van der Waals surface area contributed by atoms with Gasteiger partial charge in [-0.25, -0.2) is 17.8 Å². The van der Waals surface area contributed by atoms with E-state index in [1.54, 1.807) is 0 Å². The molecular formula is C12H18F3N4O4S+. The molecule has 0 spiro atoms. The number of imide groups is 1. The summed E-state index contributed by atoms with van der Waals surface area (Å²) in [6.07, 6.45) is -3.33. The largest absolute Gasteiger partial charge is 0.500 e. The fraction of sp³-hybridized carbons (Fsp3) is 0.750. The van der Waals surface area contributed by atoms with Gasteiger partial charge in [0.05, 0.1) is 20.6 Å². The lowest BCUT2D eigenvalue weighted by Gasteiger charge is -2.35. The zero-order valence-electron chi connectivity index (χ0n) is 13.2. The summed E-state index contributed by atoms with van der Waals surface area (Å²) >= 11 is 0. The van der Waals surface area contributed by atoms with Gasteiger partial charge in [-0.3, -0.25) is 4.90 Å². The van der Waals surface area contributed by atoms with Gasteiger partial charge in [0.25, 0.3) is 0 Å². The summed E-state index contributed by atoms with van der Waals surface area (Å²) in [5.74, 6) is -0.879. The summed E-state index contributed by atoms with van der Waals surface area (Å²) in [6.45, 7) is -1.54. The van der Waals surface area contributed by atoms with E-state index < -0.39 is 39.9 Å². The molecule has 0 saturated carbocycles. The quantitative estimate of drug-likeness (QED) is 0.605. The highest BCUT2D eigenvalue weighted by Gasteiger charge is 2.48. The summed E-state index contributed by atoms with van der Waals surface area (Å²) < 4.78 is 64.3. The summed E-state index contributed by atoms with van der Waals surface area (Å²) in [5, 5.41) is -1.56. The van der Waals surface area contributed by atoms with Crippen LogP contribution in [0.15, 0.2) is 0 Å². The van der Waals surface area contributed by atoms with Crippen LogP contribution in [0, 0.1) is 0 Å². The van der Waals surface area contributed by atoms with Crippen LogP contribution in [0.4, 0.5) is 18.0 Å². The molecule has 1 saturated heterocycles. The number of hydrogen-bond acceptors (Lipinski definition) is 5. The number of alkyl halides is 3. The molecule has 2 rings (SSSR count). The number of halogens is 3. The first-order valence-corrected chi connectivity index (χ1v) is 8.61. The molecule has 2 aliphatic rings. The molecular weight excluding hydrogens is 353 g/mol. The van der Waals surface area contributed by atoms with Gasteiger partial charge in [0.1, 0.15) is 6.21 Å². The molecule has 0 N–H and O–H groups in total. The smallest absolute Gasteiger partial charge is 0.292 e. The maximum Gasteiger partial charge on any atom is 0.500 e. The minimum absolute atomic E-state index is 0.0791. The molecule has 0 aliphatic carbocycles. The van der Waals surface area contributed by atoms with Crippen LogP contribution in [0.1, 0.15) is 0 Å². The zero-order valence-corrected chi connectivity index (χ0v) is 14.0. The molecule has 8 nitrogen and oxygen atoms in total. The van der Waals surface area contributed by atoms with Crippen LogP contribution in [0.5, 0.6) is 0 Å². The Balaban J connectivity index is 2.12. The van der Waals surface area contributed by atoms with Gasteiger partial charge in [-0.1, -0.05) is 0 Å². The second kappa shape index (κ2) is 6.41. The summed E-state index contributed by atoms with van der Waals surface area (Å²) in [7, 11) is -1.60. The van der Waals surface area contributed by atoms with Crippen LogP contribution in [-0.2, 0) is 14.8 Å². The van der Waals surface area contributed by atoms with E-state index in [0.29, 0.717) is 4.90 Å². The molecule has 0 bridgehead atoms. The fourth-order valence-electron chi connectivity index (χ4n) is 2.61. The van der Waals surface area contributed by atoms with E-state index in [4.69, 9.17) is 0 Å². The Bertz CT molecular complexity index is 668. The molecule has 1 fully saturated rings. The van der Waals surface area contributed by atoms with E-state index in [9.17, 15) is 31.2 Å². The maximum absolute atomic E-state index is 12.6. The first-order valence-electron chi connectivity index (χ1n) is 7.11. The Morgan fingerprint density at radius 3 is 2.25 bits per heavy atom. The monoisotopic (exact) mass is 371 g/mol. The van der Waals surface area contributed by atoms with Crippen molar-refractivity contribution in [1.29, 1.82) is 0 Å². The molecule has 0 aromatic heterocycles. The van der Waals surface area contributed by atoms with E-state index >= 15 is 0 Å². The first kappa shape index (κ1) is 18.8. The summed E-state index contributed by atoms with van der Waals surface area (Å²) in [4.78, 5) is 25.6. The summed E-state index contributed by atoms with van der Waals surface area (Å²) in [6, 6.07) is -0.651. The first-order chi connectivity index (χ1) is 10.9. The van der Waals surface area contributed by atoms with Crippen LogP contribution in [0.25, 0.3) is 0 Å². The number of piperazine rings is 1. The van der Waals surface area contributed by atoms with Crippen LogP contribution in [0.3, 0.4) is 0 Å². The maximum atomic E-state index is 12.6. The average Bonchev–Trinajstić information content (AvgIpc) is 2.47. The van der Waals surface area contributed by atoms with Gasteiger partial charge in [0.2, 0.25) is 15.3 Å². The Morgan fingerprint density at radius 2 is 1.75 bits per heavy atom. The Morgan fingerprint density at radius 1 is 1.21 bits per heavy atom. The zero-order chi connectivity index (χ0) is 18.3. The second-order valence-corrected chi connectivity index (χ2v) is 7.75. The van der Waals surface area contributed by atoms with Crippen molar-refractivity contribution < 1.29 is 35.8 Å². The van der Waals surface area contributed by atoms with E-state index in [1.165, 1.54) is 14.1 Å². The molecule has 0 aromatic rings. The number of urea groups is 1. The topological polar surface area (TPSA) is 81.0 Å². The van der Waals surface area contributed by atoms with E-state index in [2.05, 4.69) is 0 Å². The number of amides is 3. The van der Waals surface area contributed by atoms with Crippen molar-refractivity contribution in [3.63, 3.8) is 0 Å². The predicted molar refractivity (Wildman–Crippen MR) is 77.2 cm³/mol. The van der Waals surface area contributed by atoms with Crippen molar-refractivity contribution in [1.82, 2.24) is 14.1 Å². The third-order valence-corrected chi connectivity index (χ3v) is 5.99. The fourth-order valence-corrected chi connectivity index (χ4v) is 4.36. The number of hydrogen-bond donors (Lipinski definition) is 0. The van der Waals surface area contributed by atoms with Crippen molar-refractivity contribution in [2.24, 2.45) is 0 Å². The van der Waals surface area contributed by atoms with Crippen LogP contribution in [-0.4, -0.2) is 103 Å². The Kier molecular flexibility index (Phi) is 5.02. The van der Waals surface area contributed by atoms with E-state index in [0.717, 1.165) is 20.0 Å². The van der Waals surface area contributed by atoms with Crippen molar-refractivity contribution in [2.75, 3.05) is 46.8 Å². The number of carbonyl (C=O) groups excluding carboxylic acids is 2. The van der Waals surface area contributed by atoms with Gasteiger partial charge in [-0.05, 0) is 0 Å². The number of rotatable bonds is 3. The van der Waals surface area contributed by atoms with Gasteiger partial charge in [0.15, 0.2) is 0 Å². The molecule has 1 unspecified atom stereocenters. The van der Waals surface area contributed by atoms with E-state index in [1.807, 2.05) is 0 Å². The van der Waals surface area contributed by atoms with Gasteiger partial charge >= 0.3 is 18.1 Å². The molecule has 3 amide bonds. The highest BCUT2D eigenvalue weighted by molar-refractivity contribution is 7.91. The lowest BCUT2D eigenvalue weighted by Crippen LogP contribution is -2.59. The normalized spacial score (nSPS) is 25.1. The highest BCUT2D eigenvalue weighted by Crippen LogP contribution is 2.20. The summed E-state index contributed by atoms with van der Waals surface area (Å²) in [5.41, 5.74) is 0. The minimum atomic E-state index is -4.35. The minimum Gasteiger partial charge on any atom is -0.292 e. The molecule has 0 aromatic carbocycles. The molecule has 24 heavy (non-hydrogen) atoms. The number of carbonyl (C=O) groups is 2.